The molecule has 0 atom stereocenters. The van der Waals surface area contributed by atoms with Crippen molar-refractivity contribution in [2.45, 2.75) is 19.6 Å². The molecule has 1 fully saturated rings. The molecule has 0 radical (unpaired) electrons. The highest BCUT2D eigenvalue weighted by Crippen LogP contribution is 2.10. The Labute approximate surface area is 153 Å². The Bertz CT molecular complexity index is 715. The quantitative estimate of drug-likeness (QED) is 0.836. The van der Waals surface area contributed by atoms with Crippen LogP contribution in [-0.4, -0.2) is 37.2 Å². The predicted molar refractivity (Wildman–Crippen MR) is 98.0 cm³/mol. The highest BCUT2D eigenvalue weighted by atomic mass is 19.1. The van der Waals surface area contributed by atoms with Crippen LogP contribution >= 0.6 is 0 Å². The molecule has 1 aliphatic rings. The van der Waals surface area contributed by atoms with Crippen LogP contribution in [0, 0.1) is 5.82 Å². The molecule has 0 saturated carbocycles. The third kappa shape index (κ3) is 5.82. The van der Waals surface area contributed by atoms with Crippen molar-refractivity contribution in [3.63, 3.8) is 0 Å². The van der Waals surface area contributed by atoms with E-state index < -0.39 is 0 Å². The molecule has 26 heavy (non-hydrogen) atoms. The van der Waals surface area contributed by atoms with Crippen molar-refractivity contribution in [3.05, 3.63) is 71.0 Å². The fourth-order valence-corrected chi connectivity index (χ4v) is 2.88. The zero-order valence-corrected chi connectivity index (χ0v) is 14.7. The van der Waals surface area contributed by atoms with Gasteiger partial charge in [-0.05, 0) is 28.8 Å². The largest absolute Gasteiger partial charge is 0.379 e. The van der Waals surface area contributed by atoms with Gasteiger partial charge in [0.1, 0.15) is 5.82 Å². The van der Waals surface area contributed by atoms with Gasteiger partial charge in [0.05, 0.1) is 13.2 Å². The summed E-state index contributed by atoms with van der Waals surface area (Å²) in [5, 5.41) is 5.63. The number of halogens is 1. The van der Waals surface area contributed by atoms with Gasteiger partial charge < -0.3 is 15.4 Å². The molecule has 138 valence electrons. The summed E-state index contributed by atoms with van der Waals surface area (Å²) in [6.07, 6.45) is 0. The van der Waals surface area contributed by atoms with Crippen LogP contribution in [0.1, 0.15) is 16.7 Å². The molecule has 2 amide bonds. The first kappa shape index (κ1) is 18.4. The van der Waals surface area contributed by atoms with E-state index in [2.05, 4.69) is 27.7 Å². The summed E-state index contributed by atoms with van der Waals surface area (Å²) in [6.45, 7) is 5.21. The summed E-state index contributed by atoms with van der Waals surface area (Å²) < 4.78 is 18.2. The van der Waals surface area contributed by atoms with E-state index in [4.69, 9.17) is 4.74 Å². The Morgan fingerprint density at radius 2 is 1.62 bits per heavy atom. The van der Waals surface area contributed by atoms with Crippen LogP contribution in [0.5, 0.6) is 0 Å². The number of nitrogens with zero attached hydrogens (tertiary/aromatic N) is 1. The van der Waals surface area contributed by atoms with Crippen molar-refractivity contribution in [2.24, 2.45) is 0 Å². The van der Waals surface area contributed by atoms with E-state index in [0.717, 1.165) is 44.0 Å². The van der Waals surface area contributed by atoms with E-state index in [1.807, 2.05) is 12.1 Å². The molecule has 5 nitrogen and oxygen atoms in total. The monoisotopic (exact) mass is 357 g/mol. The Kier molecular flexibility index (Phi) is 6.57. The smallest absolute Gasteiger partial charge is 0.315 e. The van der Waals surface area contributed by atoms with E-state index in [9.17, 15) is 9.18 Å². The number of ether oxygens (including phenoxy) is 1. The normalized spacial score (nSPS) is 14.8. The Morgan fingerprint density at radius 1 is 0.962 bits per heavy atom. The molecule has 0 bridgehead atoms. The number of hydrogen-bond donors (Lipinski definition) is 2. The molecular formula is C20H24FN3O2. The van der Waals surface area contributed by atoms with Gasteiger partial charge in [0.2, 0.25) is 0 Å². The molecule has 0 aromatic heterocycles. The average Bonchev–Trinajstić information content (AvgIpc) is 2.67. The van der Waals surface area contributed by atoms with Gasteiger partial charge >= 0.3 is 6.03 Å². The number of morpholine rings is 1. The van der Waals surface area contributed by atoms with Gasteiger partial charge in [-0.3, -0.25) is 4.90 Å². The van der Waals surface area contributed by atoms with Crippen molar-refractivity contribution in [2.75, 3.05) is 26.3 Å². The minimum atomic E-state index is -0.282. The van der Waals surface area contributed by atoms with Crippen LogP contribution in [0.3, 0.4) is 0 Å². The molecule has 2 N–H and O–H groups in total. The topological polar surface area (TPSA) is 53.6 Å². The van der Waals surface area contributed by atoms with Crippen LogP contribution in [0.15, 0.2) is 48.5 Å². The van der Waals surface area contributed by atoms with Crippen LogP contribution in [-0.2, 0) is 24.4 Å². The van der Waals surface area contributed by atoms with E-state index in [1.165, 1.54) is 17.7 Å². The standard InChI is InChI=1S/C20H24FN3O2/c21-19-6-4-16(5-7-19)13-22-20(25)23-14-17-2-1-3-18(12-17)15-24-8-10-26-11-9-24/h1-7,12H,8-11,13-15H2,(H2,22,23,25). The van der Waals surface area contributed by atoms with Gasteiger partial charge in [0.15, 0.2) is 0 Å². The van der Waals surface area contributed by atoms with Gasteiger partial charge in [-0.15, -0.1) is 0 Å². The molecule has 1 saturated heterocycles. The molecule has 0 unspecified atom stereocenters. The number of carbonyl (C=O) groups is 1. The molecule has 1 aliphatic heterocycles. The second kappa shape index (κ2) is 9.31. The van der Waals surface area contributed by atoms with Crippen molar-refractivity contribution < 1.29 is 13.9 Å². The molecule has 0 aliphatic carbocycles. The SMILES string of the molecule is O=C(NCc1ccc(F)cc1)NCc1cccc(CN2CCOCC2)c1. The van der Waals surface area contributed by atoms with Crippen LogP contribution < -0.4 is 10.6 Å². The number of amides is 2. The van der Waals surface area contributed by atoms with Crippen molar-refractivity contribution in [3.8, 4) is 0 Å². The van der Waals surface area contributed by atoms with E-state index in [0.29, 0.717) is 13.1 Å². The Balaban J connectivity index is 1.44. The Hall–Kier alpha value is -2.44. The fourth-order valence-electron chi connectivity index (χ4n) is 2.88. The number of benzene rings is 2. The number of rotatable bonds is 6. The molecule has 3 rings (SSSR count). The zero-order valence-electron chi connectivity index (χ0n) is 14.7. The fraction of sp³-hybridized carbons (Fsp3) is 0.350. The minimum Gasteiger partial charge on any atom is -0.379 e. The average molecular weight is 357 g/mol. The third-order valence-corrected chi connectivity index (χ3v) is 4.32. The van der Waals surface area contributed by atoms with Crippen LogP contribution in [0.2, 0.25) is 0 Å². The first-order chi connectivity index (χ1) is 12.7. The summed E-state index contributed by atoms with van der Waals surface area (Å²) in [5.41, 5.74) is 3.15. The Morgan fingerprint density at radius 3 is 2.35 bits per heavy atom. The minimum absolute atomic E-state index is 0.243. The maximum atomic E-state index is 12.9. The van der Waals surface area contributed by atoms with Gasteiger partial charge in [0, 0.05) is 32.7 Å². The molecule has 2 aromatic rings. The number of nitrogens with one attached hydrogen (secondary N) is 2. The maximum Gasteiger partial charge on any atom is 0.315 e. The maximum absolute atomic E-state index is 12.9. The molecule has 6 heteroatoms. The van der Waals surface area contributed by atoms with Crippen molar-refractivity contribution in [1.82, 2.24) is 15.5 Å². The highest BCUT2D eigenvalue weighted by Gasteiger charge is 2.10. The lowest BCUT2D eigenvalue weighted by molar-refractivity contribution is 0.0342. The molecular weight excluding hydrogens is 333 g/mol. The predicted octanol–water partition coefficient (Wildman–Crippen LogP) is 2.66. The van der Waals surface area contributed by atoms with E-state index in [1.54, 1.807) is 12.1 Å². The van der Waals surface area contributed by atoms with Gasteiger partial charge in [-0.2, -0.15) is 0 Å². The third-order valence-electron chi connectivity index (χ3n) is 4.32. The summed E-state index contributed by atoms with van der Waals surface area (Å²) >= 11 is 0. The summed E-state index contributed by atoms with van der Waals surface area (Å²) in [5.74, 6) is -0.282. The lowest BCUT2D eigenvalue weighted by atomic mass is 10.1. The first-order valence-corrected chi connectivity index (χ1v) is 8.83. The summed E-state index contributed by atoms with van der Waals surface area (Å²) in [7, 11) is 0. The van der Waals surface area contributed by atoms with Crippen LogP contribution in [0.25, 0.3) is 0 Å². The molecule has 0 spiro atoms. The second-order valence-electron chi connectivity index (χ2n) is 6.37. The number of carbonyl (C=O) groups excluding carboxylic acids is 1. The van der Waals surface area contributed by atoms with E-state index in [-0.39, 0.29) is 11.8 Å². The lowest BCUT2D eigenvalue weighted by Gasteiger charge is -2.26. The molecule has 2 aromatic carbocycles. The number of urea groups is 1. The molecule has 1 heterocycles. The van der Waals surface area contributed by atoms with Gasteiger partial charge in [0.25, 0.3) is 0 Å². The van der Waals surface area contributed by atoms with E-state index >= 15 is 0 Å². The zero-order chi connectivity index (χ0) is 18.2. The highest BCUT2D eigenvalue weighted by molar-refractivity contribution is 5.73. The van der Waals surface area contributed by atoms with Crippen LogP contribution in [0.4, 0.5) is 9.18 Å². The summed E-state index contributed by atoms with van der Waals surface area (Å²) in [6, 6.07) is 14.1. The van der Waals surface area contributed by atoms with Crippen molar-refractivity contribution in [1.29, 1.82) is 0 Å². The van der Waals surface area contributed by atoms with Gasteiger partial charge in [-0.25, -0.2) is 9.18 Å². The van der Waals surface area contributed by atoms with Crippen molar-refractivity contribution >= 4 is 6.03 Å². The second-order valence-corrected chi connectivity index (χ2v) is 6.37. The lowest BCUT2D eigenvalue weighted by Crippen LogP contribution is -2.35. The first-order valence-electron chi connectivity index (χ1n) is 8.83. The summed E-state index contributed by atoms with van der Waals surface area (Å²) in [4.78, 5) is 14.3. The number of hydrogen-bond acceptors (Lipinski definition) is 3. The van der Waals surface area contributed by atoms with Gasteiger partial charge in [-0.1, -0.05) is 36.4 Å².